The van der Waals surface area contributed by atoms with E-state index in [1.165, 1.54) is 29.5 Å². The quantitative estimate of drug-likeness (QED) is 0.845. The van der Waals surface area contributed by atoms with Gasteiger partial charge in [-0.15, -0.1) is 0 Å². The van der Waals surface area contributed by atoms with Gasteiger partial charge in [-0.3, -0.25) is 4.79 Å². The highest BCUT2D eigenvalue weighted by atomic mass is 16.1. The predicted molar refractivity (Wildman–Crippen MR) is 75.5 cm³/mol. The first-order valence-corrected chi connectivity index (χ1v) is 6.76. The van der Waals surface area contributed by atoms with Crippen molar-refractivity contribution in [1.82, 2.24) is 5.32 Å². The van der Waals surface area contributed by atoms with E-state index in [1.807, 2.05) is 13.0 Å². The van der Waals surface area contributed by atoms with Crippen LogP contribution in [0.15, 0.2) is 24.8 Å². The third-order valence-electron chi connectivity index (χ3n) is 3.74. The van der Waals surface area contributed by atoms with E-state index < -0.39 is 0 Å². The van der Waals surface area contributed by atoms with Gasteiger partial charge < -0.3 is 5.32 Å². The van der Waals surface area contributed by atoms with Gasteiger partial charge in [-0.1, -0.05) is 37.8 Å². The lowest BCUT2D eigenvalue weighted by Gasteiger charge is -2.12. The number of rotatable bonds is 5. The van der Waals surface area contributed by atoms with Gasteiger partial charge in [0.25, 0.3) is 0 Å². The summed E-state index contributed by atoms with van der Waals surface area (Å²) < 4.78 is 0. The molecule has 96 valence electrons. The summed E-state index contributed by atoms with van der Waals surface area (Å²) in [7, 11) is 0. The molecule has 0 aliphatic heterocycles. The van der Waals surface area contributed by atoms with Gasteiger partial charge in [-0.2, -0.15) is 0 Å². The summed E-state index contributed by atoms with van der Waals surface area (Å²) in [5, 5.41) is 2.96. The largest absolute Gasteiger partial charge is 0.356 e. The van der Waals surface area contributed by atoms with Crippen molar-refractivity contribution in [1.29, 1.82) is 0 Å². The van der Waals surface area contributed by atoms with Crippen LogP contribution in [0, 0.1) is 0 Å². The summed E-state index contributed by atoms with van der Waals surface area (Å²) >= 11 is 0. The van der Waals surface area contributed by atoms with E-state index in [9.17, 15) is 4.79 Å². The second-order valence-electron chi connectivity index (χ2n) is 4.89. The molecule has 0 heterocycles. The molecule has 0 aromatic heterocycles. The monoisotopic (exact) mass is 243 g/mol. The van der Waals surface area contributed by atoms with Crippen molar-refractivity contribution in [2.24, 2.45) is 0 Å². The first-order chi connectivity index (χ1) is 8.74. The molecule has 2 nitrogen and oxygen atoms in total. The van der Waals surface area contributed by atoms with Gasteiger partial charge in [-0.25, -0.2) is 0 Å². The smallest absolute Gasteiger partial charge is 0.219 e. The molecule has 0 bridgehead atoms. The Hall–Kier alpha value is -1.57. The molecule has 2 heteroatoms. The lowest BCUT2D eigenvalue weighted by atomic mass is 9.96. The summed E-state index contributed by atoms with van der Waals surface area (Å²) in [6.45, 7) is 6.49. The number of carbonyl (C=O) groups is 1. The minimum atomic E-state index is 0.146. The third kappa shape index (κ3) is 2.81. The van der Waals surface area contributed by atoms with Crippen LogP contribution in [0.3, 0.4) is 0 Å². The van der Waals surface area contributed by atoms with Crippen LogP contribution in [-0.2, 0) is 11.2 Å². The highest BCUT2D eigenvalue weighted by Crippen LogP contribution is 2.35. The Morgan fingerprint density at radius 1 is 1.56 bits per heavy atom. The molecule has 0 fully saturated rings. The van der Waals surface area contributed by atoms with E-state index in [-0.39, 0.29) is 5.91 Å². The van der Waals surface area contributed by atoms with Crippen LogP contribution < -0.4 is 5.32 Å². The summed E-state index contributed by atoms with van der Waals surface area (Å²) in [6, 6.07) is 6.60. The normalized spacial score (nSPS) is 17.3. The molecule has 0 spiro atoms. The molecule has 1 atom stereocenters. The Morgan fingerprint density at radius 3 is 3.11 bits per heavy atom. The SMILES string of the molecule is C=Cc1ccc2c(c1)C(CCNC(=O)CC)CC2. The van der Waals surface area contributed by atoms with Crippen molar-refractivity contribution in [2.45, 2.75) is 38.5 Å². The van der Waals surface area contributed by atoms with Crippen LogP contribution in [-0.4, -0.2) is 12.5 Å². The minimum absolute atomic E-state index is 0.146. The number of amides is 1. The average Bonchev–Trinajstić information content (AvgIpc) is 2.81. The molecular formula is C16H21NO. The van der Waals surface area contributed by atoms with Crippen LogP contribution in [0.25, 0.3) is 6.08 Å². The highest BCUT2D eigenvalue weighted by molar-refractivity contribution is 5.75. The molecule has 1 aliphatic carbocycles. The molecule has 1 aliphatic rings. The highest BCUT2D eigenvalue weighted by Gasteiger charge is 2.22. The Balaban J connectivity index is 1.97. The zero-order chi connectivity index (χ0) is 13.0. The van der Waals surface area contributed by atoms with Crippen molar-refractivity contribution in [3.8, 4) is 0 Å². The Labute approximate surface area is 109 Å². The summed E-state index contributed by atoms with van der Waals surface area (Å²) in [4.78, 5) is 11.2. The van der Waals surface area contributed by atoms with Crippen LogP contribution >= 0.6 is 0 Å². The van der Waals surface area contributed by atoms with E-state index in [1.54, 1.807) is 0 Å². The molecule has 1 aromatic rings. The van der Waals surface area contributed by atoms with Gasteiger partial charge in [-0.05, 0) is 41.9 Å². The van der Waals surface area contributed by atoms with Gasteiger partial charge in [0.15, 0.2) is 0 Å². The molecule has 18 heavy (non-hydrogen) atoms. The van der Waals surface area contributed by atoms with Gasteiger partial charge in [0.1, 0.15) is 0 Å². The predicted octanol–water partition coefficient (Wildman–Crippen LogP) is 3.28. The van der Waals surface area contributed by atoms with Gasteiger partial charge in [0, 0.05) is 13.0 Å². The fraction of sp³-hybridized carbons (Fsp3) is 0.438. The van der Waals surface area contributed by atoms with Crippen molar-refractivity contribution >= 4 is 12.0 Å². The molecular weight excluding hydrogens is 222 g/mol. The molecule has 2 rings (SSSR count). The van der Waals surface area contributed by atoms with E-state index in [2.05, 4.69) is 30.1 Å². The number of carbonyl (C=O) groups excluding carboxylic acids is 1. The first-order valence-electron chi connectivity index (χ1n) is 6.76. The maximum atomic E-state index is 11.2. The number of fused-ring (bicyclic) bond motifs is 1. The number of hydrogen-bond acceptors (Lipinski definition) is 1. The fourth-order valence-corrected chi connectivity index (χ4v) is 2.64. The molecule has 1 aromatic carbocycles. The summed E-state index contributed by atoms with van der Waals surface area (Å²) in [5.74, 6) is 0.741. The lowest BCUT2D eigenvalue weighted by Crippen LogP contribution is -2.24. The molecule has 0 saturated heterocycles. The Morgan fingerprint density at radius 2 is 2.39 bits per heavy atom. The van der Waals surface area contributed by atoms with Gasteiger partial charge >= 0.3 is 0 Å². The molecule has 0 radical (unpaired) electrons. The second-order valence-corrected chi connectivity index (χ2v) is 4.89. The topological polar surface area (TPSA) is 29.1 Å². The Bertz CT molecular complexity index is 450. The number of benzene rings is 1. The van der Waals surface area contributed by atoms with Crippen LogP contribution in [0.1, 0.15) is 48.8 Å². The van der Waals surface area contributed by atoms with E-state index in [0.717, 1.165) is 13.0 Å². The molecule has 0 saturated carbocycles. The standard InChI is InChI=1S/C16H21NO/c1-3-12-5-6-13-7-8-14(15(13)11-12)9-10-17-16(18)4-2/h3,5-6,11,14H,1,4,7-10H2,2H3,(H,17,18). The van der Waals surface area contributed by atoms with Crippen LogP contribution in [0.4, 0.5) is 0 Å². The number of nitrogens with one attached hydrogen (secondary N) is 1. The summed E-state index contributed by atoms with van der Waals surface area (Å²) in [6.07, 6.45) is 5.88. The fourth-order valence-electron chi connectivity index (χ4n) is 2.64. The van der Waals surface area contributed by atoms with Crippen molar-refractivity contribution < 1.29 is 4.79 Å². The molecule has 1 N–H and O–H groups in total. The number of aryl methyl sites for hydroxylation is 1. The minimum Gasteiger partial charge on any atom is -0.356 e. The molecule has 1 amide bonds. The van der Waals surface area contributed by atoms with E-state index in [4.69, 9.17) is 0 Å². The summed E-state index contributed by atoms with van der Waals surface area (Å²) in [5.41, 5.74) is 4.11. The maximum Gasteiger partial charge on any atom is 0.219 e. The second kappa shape index (κ2) is 5.85. The zero-order valence-corrected chi connectivity index (χ0v) is 11.0. The molecule has 1 unspecified atom stereocenters. The average molecular weight is 243 g/mol. The zero-order valence-electron chi connectivity index (χ0n) is 11.0. The Kier molecular flexibility index (Phi) is 4.19. The van der Waals surface area contributed by atoms with Crippen molar-refractivity contribution in [3.05, 3.63) is 41.5 Å². The lowest BCUT2D eigenvalue weighted by molar-refractivity contribution is -0.120. The maximum absolute atomic E-state index is 11.2. The van der Waals surface area contributed by atoms with Gasteiger partial charge in [0.2, 0.25) is 5.91 Å². The van der Waals surface area contributed by atoms with Crippen molar-refractivity contribution in [3.63, 3.8) is 0 Å². The van der Waals surface area contributed by atoms with E-state index >= 15 is 0 Å². The van der Waals surface area contributed by atoms with Crippen LogP contribution in [0.5, 0.6) is 0 Å². The third-order valence-corrected chi connectivity index (χ3v) is 3.74. The van der Waals surface area contributed by atoms with Gasteiger partial charge in [0.05, 0.1) is 0 Å². The van der Waals surface area contributed by atoms with E-state index in [0.29, 0.717) is 12.3 Å². The first kappa shape index (κ1) is 12.9. The van der Waals surface area contributed by atoms with Crippen molar-refractivity contribution in [2.75, 3.05) is 6.54 Å². The number of hydrogen-bond donors (Lipinski definition) is 1. The van der Waals surface area contributed by atoms with Crippen LogP contribution in [0.2, 0.25) is 0 Å².